The predicted molar refractivity (Wildman–Crippen MR) is 119 cm³/mol. The van der Waals surface area contributed by atoms with Gasteiger partial charge in [0.05, 0.1) is 5.39 Å². The zero-order valence-electron chi connectivity index (χ0n) is 17.5. The maximum absolute atomic E-state index is 2.37. The second-order valence-electron chi connectivity index (χ2n) is 8.72. The topological polar surface area (TPSA) is 3.88 Å². The average molecular weight is 367 g/mol. The molecule has 4 rings (SSSR count). The van der Waals surface area contributed by atoms with E-state index in [-0.39, 0.29) is 5.41 Å². The Morgan fingerprint density at radius 2 is 1.50 bits per heavy atom. The number of aryl methyl sites for hydroxylation is 2. The van der Waals surface area contributed by atoms with Gasteiger partial charge in [0.2, 0.25) is 5.69 Å². The first-order valence-electron chi connectivity index (χ1n) is 9.94. The van der Waals surface area contributed by atoms with E-state index in [1.165, 1.54) is 44.3 Å². The highest BCUT2D eigenvalue weighted by Crippen LogP contribution is 2.33. The Kier molecular flexibility index (Phi) is 4.55. The maximum atomic E-state index is 2.37. The van der Waals surface area contributed by atoms with E-state index in [1.54, 1.807) is 0 Å². The van der Waals surface area contributed by atoms with Crippen LogP contribution >= 0.6 is 0 Å². The first-order chi connectivity index (χ1) is 13.3. The SMILES string of the molecule is Cc1ccc(C(C)(C)C)cc1-c1c2ccc(-c3ccccc3)cc2cc[n+]1C. The quantitative estimate of drug-likeness (QED) is 0.352. The van der Waals surface area contributed by atoms with Crippen LogP contribution in [0.25, 0.3) is 33.2 Å². The summed E-state index contributed by atoms with van der Waals surface area (Å²) in [6, 6.07) is 26.5. The largest absolute Gasteiger partial charge is 0.220 e. The van der Waals surface area contributed by atoms with E-state index >= 15 is 0 Å². The van der Waals surface area contributed by atoms with E-state index < -0.39 is 0 Å². The minimum absolute atomic E-state index is 0.131. The fraction of sp³-hybridized carbons (Fsp3) is 0.222. The minimum Gasteiger partial charge on any atom is -0.200 e. The molecule has 140 valence electrons. The van der Waals surface area contributed by atoms with Crippen LogP contribution in [-0.4, -0.2) is 0 Å². The third-order valence-electron chi connectivity index (χ3n) is 5.60. The van der Waals surface area contributed by atoms with Crippen LogP contribution < -0.4 is 4.57 Å². The molecule has 0 aliphatic heterocycles. The van der Waals surface area contributed by atoms with E-state index in [1.807, 2.05) is 0 Å². The zero-order valence-corrected chi connectivity index (χ0v) is 17.5. The van der Waals surface area contributed by atoms with Gasteiger partial charge in [-0.1, -0.05) is 69.3 Å². The normalized spacial score (nSPS) is 11.8. The van der Waals surface area contributed by atoms with Gasteiger partial charge in [0.15, 0.2) is 6.20 Å². The van der Waals surface area contributed by atoms with Gasteiger partial charge < -0.3 is 0 Å². The second kappa shape index (κ2) is 6.91. The summed E-state index contributed by atoms with van der Waals surface area (Å²) in [6.07, 6.45) is 2.18. The zero-order chi connectivity index (χ0) is 19.9. The van der Waals surface area contributed by atoms with Crippen LogP contribution in [0.3, 0.4) is 0 Å². The minimum atomic E-state index is 0.131. The molecule has 4 aromatic rings. The van der Waals surface area contributed by atoms with Gasteiger partial charge in [-0.2, -0.15) is 0 Å². The maximum Gasteiger partial charge on any atom is 0.220 e. The van der Waals surface area contributed by atoms with Crippen molar-refractivity contribution in [2.24, 2.45) is 7.05 Å². The Labute approximate surface area is 168 Å². The molecule has 0 spiro atoms. The monoisotopic (exact) mass is 366 g/mol. The van der Waals surface area contributed by atoms with Crippen molar-refractivity contribution >= 4 is 10.8 Å². The van der Waals surface area contributed by atoms with Crippen LogP contribution in [0.4, 0.5) is 0 Å². The summed E-state index contributed by atoms with van der Waals surface area (Å²) >= 11 is 0. The highest BCUT2D eigenvalue weighted by Gasteiger charge is 2.21. The molecule has 1 aromatic heterocycles. The second-order valence-corrected chi connectivity index (χ2v) is 8.72. The number of rotatable bonds is 2. The van der Waals surface area contributed by atoms with Crippen LogP contribution in [0, 0.1) is 6.92 Å². The molecule has 0 amide bonds. The van der Waals surface area contributed by atoms with Crippen molar-refractivity contribution in [2.45, 2.75) is 33.1 Å². The number of aromatic nitrogens is 1. The molecule has 1 heterocycles. The van der Waals surface area contributed by atoms with E-state index in [0.29, 0.717) is 0 Å². The molecule has 0 saturated carbocycles. The number of pyridine rings is 1. The Morgan fingerprint density at radius 3 is 2.21 bits per heavy atom. The number of nitrogens with zero attached hydrogens (tertiary/aromatic N) is 1. The van der Waals surface area contributed by atoms with Crippen molar-refractivity contribution in [1.29, 1.82) is 0 Å². The Hall–Kier alpha value is -2.93. The molecule has 28 heavy (non-hydrogen) atoms. The Balaban J connectivity index is 1.94. The molecule has 0 bridgehead atoms. The number of fused-ring (bicyclic) bond motifs is 1. The Bertz CT molecular complexity index is 1150. The summed E-state index contributed by atoms with van der Waals surface area (Å²) in [6.45, 7) is 9.03. The summed E-state index contributed by atoms with van der Waals surface area (Å²) < 4.78 is 2.25. The van der Waals surface area contributed by atoms with E-state index in [0.717, 1.165) is 0 Å². The van der Waals surface area contributed by atoms with E-state index in [4.69, 9.17) is 0 Å². The summed E-state index contributed by atoms with van der Waals surface area (Å²) in [4.78, 5) is 0. The van der Waals surface area contributed by atoms with Crippen molar-refractivity contribution < 1.29 is 4.57 Å². The third-order valence-corrected chi connectivity index (χ3v) is 5.60. The number of hydrogen-bond donors (Lipinski definition) is 0. The van der Waals surface area contributed by atoms with Crippen LogP contribution in [0.15, 0.2) is 79.0 Å². The summed E-state index contributed by atoms with van der Waals surface area (Å²) in [5, 5.41) is 2.56. The molecule has 1 heteroatoms. The van der Waals surface area contributed by atoms with Crippen molar-refractivity contribution in [1.82, 2.24) is 0 Å². The summed E-state index contributed by atoms with van der Waals surface area (Å²) in [5.74, 6) is 0. The third kappa shape index (κ3) is 3.33. The summed E-state index contributed by atoms with van der Waals surface area (Å²) in [7, 11) is 2.14. The number of benzene rings is 3. The van der Waals surface area contributed by atoms with Gasteiger partial charge in [-0.25, -0.2) is 4.57 Å². The first kappa shape index (κ1) is 18.4. The average Bonchev–Trinajstić information content (AvgIpc) is 2.68. The highest BCUT2D eigenvalue weighted by molar-refractivity contribution is 5.96. The van der Waals surface area contributed by atoms with E-state index in [9.17, 15) is 0 Å². The molecule has 3 aromatic carbocycles. The predicted octanol–water partition coefficient (Wildman–Crippen LogP) is 6.60. The van der Waals surface area contributed by atoms with Crippen molar-refractivity contribution in [3.05, 3.63) is 90.1 Å². The molecule has 1 nitrogen and oxygen atoms in total. The molecular weight excluding hydrogens is 338 g/mol. The molecule has 0 aliphatic rings. The lowest BCUT2D eigenvalue weighted by molar-refractivity contribution is -0.659. The Morgan fingerprint density at radius 1 is 0.750 bits per heavy atom. The highest BCUT2D eigenvalue weighted by atomic mass is 14.9. The van der Waals surface area contributed by atoms with Gasteiger partial charge in [-0.05, 0) is 58.2 Å². The molecule has 0 atom stereocenters. The first-order valence-corrected chi connectivity index (χ1v) is 9.94. The molecule has 0 unspecified atom stereocenters. The smallest absolute Gasteiger partial charge is 0.200 e. The fourth-order valence-corrected chi connectivity index (χ4v) is 3.86. The van der Waals surface area contributed by atoms with Crippen molar-refractivity contribution in [3.8, 4) is 22.4 Å². The van der Waals surface area contributed by atoms with Crippen LogP contribution in [0.1, 0.15) is 31.9 Å². The van der Waals surface area contributed by atoms with Crippen LogP contribution in [0.5, 0.6) is 0 Å². The molecule has 0 saturated heterocycles. The van der Waals surface area contributed by atoms with Gasteiger partial charge in [0, 0.05) is 11.6 Å². The van der Waals surface area contributed by atoms with Gasteiger partial charge in [0.1, 0.15) is 7.05 Å². The number of hydrogen-bond acceptors (Lipinski definition) is 0. The molecular formula is C27H28N+. The van der Waals surface area contributed by atoms with Gasteiger partial charge in [-0.3, -0.25) is 0 Å². The van der Waals surface area contributed by atoms with Gasteiger partial charge in [0.25, 0.3) is 0 Å². The summed E-state index contributed by atoms with van der Waals surface area (Å²) in [5.41, 5.74) is 7.91. The van der Waals surface area contributed by atoms with E-state index in [2.05, 4.69) is 118 Å². The van der Waals surface area contributed by atoms with Gasteiger partial charge in [-0.15, -0.1) is 0 Å². The fourth-order valence-electron chi connectivity index (χ4n) is 3.86. The lowest BCUT2D eigenvalue weighted by Crippen LogP contribution is -2.31. The van der Waals surface area contributed by atoms with Crippen molar-refractivity contribution in [3.63, 3.8) is 0 Å². The molecule has 0 N–H and O–H groups in total. The lowest BCUT2D eigenvalue weighted by atomic mass is 9.84. The standard InChI is InChI=1S/C27H28N/c1-19-11-13-23(27(2,3)4)18-25(19)26-24-14-12-21(20-9-7-6-8-10-20)17-22(24)15-16-28(26)5/h6-18H,1-5H3/q+1. The van der Waals surface area contributed by atoms with Crippen LogP contribution in [0.2, 0.25) is 0 Å². The lowest BCUT2D eigenvalue weighted by Gasteiger charge is -2.20. The van der Waals surface area contributed by atoms with Gasteiger partial charge >= 0.3 is 0 Å². The van der Waals surface area contributed by atoms with Crippen LogP contribution in [-0.2, 0) is 12.5 Å². The molecule has 0 aliphatic carbocycles. The molecule has 0 radical (unpaired) electrons. The molecule has 0 fully saturated rings. The van der Waals surface area contributed by atoms with Crippen molar-refractivity contribution in [2.75, 3.05) is 0 Å².